The van der Waals surface area contributed by atoms with E-state index in [4.69, 9.17) is 4.42 Å². The van der Waals surface area contributed by atoms with Crippen LogP contribution in [0.2, 0.25) is 0 Å². The number of rotatable bonds is 3. The largest absolute Gasteiger partial charge is 0.418 e. The van der Waals surface area contributed by atoms with Crippen LogP contribution in [0.25, 0.3) is 66.8 Å². The molecule has 174 valence electrons. The van der Waals surface area contributed by atoms with Crippen molar-refractivity contribution in [2.45, 2.75) is 0 Å². The Kier molecular flexibility index (Phi) is 4.16. The van der Waals surface area contributed by atoms with Crippen molar-refractivity contribution in [3.05, 3.63) is 122 Å². The maximum atomic E-state index is 6.30. The molecular weight excluding hydrogens is 456 g/mol. The molecule has 4 aromatic heterocycles. The molecule has 0 saturated heterocycles. The van der Waals surface area contributed by atoms with Gasteiger partial charge in [0.1, 0.15) is 5.69 Å². The van der Waals surface area contributed by atoms with Crippen molar-refractivity contribution in [2.24, 2.45) is 0 Å². The van der Waals surface area contributed by atoms with Crippen LogP contribution in [0.5, 0.6) is 0 Å². The molecule has 0 bridgehead atoms. The van der Waals surface area contributed by atoms with Gasteiger partial charge in [0.25, 0.3) is 0 Å². The Labute approximate surface area is 211 Å². The van der Waals surface area contributed by atoms with Crippen LogP contribution < -0.4 is 0 Å². The molecule has 0 aliphatic heterocycles. The van der Waals surface area contributed by atoms with Crippen LogP contribution in [-0.2, 0) is 0 Å². The molecule has 0 aliphatic rings. The minimum absolute atomic E-state index is 0.501. The molecule has 0 radical (unpaired) electrons. The number of oxazole rings is 1. The van der Waals surface area contributed by atoms with Crippen LogP contribution in [-0.4, -0.2) is 19.1 Å². The number of nitrogens with zero attached hydrogens (tertiary/aromatic N) is 4. The SMILES string of the molecule is c1ccc(-n2c3ccccc3c3cc4c5ccccc5n(-c5cnc(-c6ccccn6)o5)c4cc32)cc1. The highest BCUT2D eigenvalue weighted by molar-refractivity contribution is 6.19. The molecule has 0 N–H and O–H groups in total. The molecule has 0 fully saturated rings. The minimum Gasteiger partial charge on any atom is -0.418 e. The number of hydrogen-bond acceptors (Lipinski definition) is 3. The third-order valence-electron chi connectivity index (χ3n) is 7.08. The predicted molar refractivity (Wildman–Crippen MR) is 148 cm³/mol. The molecule has 5 nitrogen and oxygen atoms in total. The molecule has 8 aromatic rings. The Bertz CT molecular complexity index is 2080. The third kappa shape index (κ3) is 2.91. The summed E-state index contributed by atoms with van der Waals surface area (Å²) in [6.45, 7) is 0. The smallest absolute Gasteiger partial charge is 0.247 e. The van der Waals surface area contributed by atoms with Gasteiger partial charge in [0, 0.05) is 33.4 Å². The van der Waals surface area contributed by atoms with Crippen molar-refractivity contribution >= 4 is 43.6 Å². The summed E-state index contributed by atoms with van der Waals surface area (Å²) in [6, 6.07) is 37.9. The molecule has 0 saturated carbocycles. The first kappa shape index (κ1) is 20.1. The second-order valence-corrected chi connectivity index (χ2v) is 9.15. The van der Waals surface area contributed by atoms with Crippen molar-refractivity contribution in [1.82, 2.24) is 19.1 Å². The van der Waals surface area contributed by atoms with E-state index in [9.17, 15) is 0 Å². The number of benzene rings is 4. The van der Waals surface area contributed by atoms with E-state index < -0.39 is 0 Å². The van der Waals surface area contributed by atoms with Crippen molar-refractivity contribution in [2.75, 3.05) is 0 Å². The molecule has 0 aliphatic carbocycles. The highest BCUT2D eigenvalue weighted by atomic mass is 16.4. The molecule has 0 amide bonds. The van der Waals surface area contributed by atoms with E-state index in [2.05, 4.69) is 110 Å². The fourth-order valence-corrected chi connectivity index (χ4v) is 5.50. The highest BCUT2D eigenvalue weighted by Crippen LogP contribution is 2.39. The Hall–Kier alpha value is -5.16. The molecule has 0 unspecified atom stereocenters. The average Bonchev–Trinajstić information content (AvgIpc) is 3.65. The quantitative estimate of drug-likeness (QED) is 0.260. The fourth-order valence-electron chi connectivity index (χ4n) is 5.50. The maximum absolute atomic E-state index is 6.30. The summed E-state index contributed by atoms with van der Waals surface area (Å²) in [5.41, 5.74) is 6.31. The molecule has 5 heteroatoms. The third-order valence-corrected chi connectivity index (χ3v) is 7.08. The number of hydrogen-bond donors (Lipinski definition) is 0. The van der Waals surface area contributed by atoms with E-state index in [1.54, 1.807) is 12.4 Å². The Balaban J connectivity index is 1.49. The summed E-state index contributed by atoms with van der Waals surface area (Å²) >= 11 is 0. The molecule has 4 aromatic carbocycles. The standard InChI is InChI=1S/C32H20N4O/c1-2-10-21(11-3-1)35-27-15-6-4-12-22(27)24-18-25-23-13-5-7-16-28(23)36(30(25)19-29(24)35)31-20-34-32(37-31)26-14-8-9-17-33-26/h1-20H. The topological polar surface area (TPSA) is 48.8 Å². The monoisotopic (exact) mass is 476 g/mol. The molecule has 4 heterocycles. The highest BCUT2D eigenvalue weighted by Gasteiger charge is 2.20. The zero-order valence-corrected chi connectivity index (χ0v) is 19.7. The fraction of sp³-hybridized carbons (Fsp3) is 0. The second-order valence-electron chi connectivity index (χ2n) is 9.15. The van der Waals surface area contributed by atoms with Gasteiger partial charge in [-0.05, 0) is 48.5 Å². The second kappa shape index (κ2) is 7.67. The van der Waals surface area contributed by atoms with Crippen molar-refractivity contribution in [1.29, 1.82) is 0 Å². The summed E-state index contributed by atoms with van der Waals surface area (Å²) < 4.78 is 10.8. The van der Waals surface area contributed by atoms with Crippen molar-refractivity contribution < 1.29 is 4.42 Å². The number of pyridine rings is 1. The van der Waals surface area contributed by atoms with E-state index >= 15 is 0 Å². The summed E-state index contributed by atoms with van der Waals surface area (Å²) in [5, 5.41) is 4.81. The summed E-state index contributed by atoms with van der Waals surface area (Å²) in [6.07, 6.45) is 3.53. The van der Waals surface area contributed by atoms with E-state index in [-0.39, 0.29) is 0 Å². The summed E-state index contributed by atoms with van der Waals surface area (Å²) in [5.74, 6) is 1.16. The molecular formula is C32H20N4O. The zero-order chi connectivity index (χ0) is 24.3. The normalized spacial score (nSPS) is 11.8. The summed E-state index contributed by atoms with van der Waals surface area (Å²) in [7, 11) is 0. The van der Waals surface area contributed by atoms with Crippen LogP contribution in [0.15, 0.2) is 126 Å². The van der Waals surface area contributed by atoms with Gasteiger partial charge < -0.3 is 8.98 Å². The van der Waals surface area contributed by atoms with Crippen LogP contribution >= 0.6 is 0 Å². The van der Waals surface area contributed by atoms with Gasteiger partial charge in [-0.25, -0.2) is 4.98 Å². The van der Waals surface area contributed by atoms with Gasteiger partial charge >= 0.3 is 0 Å². The average molecular weight is 477 g/mol. The maximum Gasteiger partial charge on any atom is 0.247 e. The lowest BCUT2D eigenvalue weighted by molar-refractivity contribution is 0.552. The van der Waals surface area contributed by atoms with Gasteiger partial charge in [-0.3, -0.25) is 9.55 Å². The van der Waals surface area contributed by atoms with Crippen molar-refractivity contribution in [3.63, 3.8) is 0 Å². The number of fused-ring (bicyclic) bond motifs is 6. The van der Waals surface area contributed by atoms with Crippen LogP contribution in [0.1, 0.15) is 0 Å². The van der Waals surface area contributed by atoms with Gasteiger partial charge in [-0.2, -0.15) is 0 Å². The molecule has 8 rings (SSSR count). The van der Waals surface area contributed by atoms with Gasteiger partial charge in [0.05, 0.1) is 28.3 Å². The lowest BCUT2D eigenvalue weighted by Gasteiger charge is -2.08. The number of para-hydroxylation sites is 3. The lowest BCUT2D eigenvalue weighted by Crippen LogP contribution is -1.94. The molecule has 37 heavy (non-hydrogen) atoms. The van der Waals surface area contributed by atoms with Gasteiger partial charge in [0.2, 0.25) is 11.8 Å². The van der Waals surface area contributed by atoms with Gasteiger partial charge in [0.15, 0.2) is 0 Å². The molecule has 0 spiro atoms. The first-order valence-corrected chi connectivity index (χ1v) is 12.3. The van der Waals surface area contributed by atoms with Crippen molar-refractivity contribution in [3.8, 4) is 23.2 Å². The van der Waals surface area contributed by atoms with E-state index in [1.165, 1.54) is 27.1 Å². The first-order chi connectivity index (χ1) is 18.4. The van der Waals surface area contributed by atoms with Crippen LogP contribution in [0.3, 0.4) is 0 Å². The Morgan fingerprint density at radius 3 is 1.89 bits per heavy atom. The zero-order valence-electron chi connectivity index (χ0n) is 19.7. The summed E-state index contributed by atoms with van der Waals surface area (Å²) in [4.78, 5) is 8.97. The van der Waals surface area contributed by atoms with Gasteiger partial charge in [-0.15, -0.1) is 0 Å². The lowest BCUT2D eigenvalue weighted by atomic mass is 10.1. The van der Waals surface area contributed by atoms with Crippen LogP contribution in [0, 0.1) is 0 Å². The van der Waals surface area contributed by atoms with Crippen LogP contribution in [0.4, 0.5) is 0 Å². The first-order valence-electron chi connectivity index (χ1n) is 12.3. The van der Waals surface area contributed by atoms with E-state index in [0.717, 1.165) is 22.2 Å². The predicted octanol–water partition coefficient (Wildman–Crippen LogP) is 7.93. The number of aromatic nitrogens is 4. The minimum atomic E-state index is 0.501. The Morgan fingerprint density at radius 1 is 0.514 bits per heavy atom. The van der Waals surface area contributed by atoms with Gasteiger partial charge in [-0.1, -0.05) is 60.7 Å². The molecule has 0 atom stereocenters. The van der Waals surface area contributed by atoms with E-state index in [1.807, 2.05) is 18.2 Å². The Morgan fingerprint density at radius 2 is 1.16 bits per heavy atom. The van der Waals surface area contributed by atoms with E-state index in [0.29, 0.717) is 17.5 Å².